The monoisotopic (exact) mass is 420 g/mol. The van der Waals surface area contributed by atoms with E-state index < -0.39 is 17.5 Å². The lowest BCUT2D eigenvalue weighted by Gasteiger charge is -2.25. The first-order valence-corrected chi connectivity index (χ1v) is 11.0. The highest BCUT2D eigenvalue weighted by Crippen LogP contribution is 2.32. The first kappa shape index (κ1) is 21.3. The number of hydrogen-bond acceptors (Lipinski definition) is 5. The number of carbonyl (C=O) groups excluding carboxylic acids is 4. The Morgan fingerprint density at radius 2 is 1.97 bits per heavy atom. The second-order valence-corrected chi connectivity index (χ2v) is 8.61. The molecule has 2 fully saturated rings. The minimum absolute atomic E-state index is 0.102. The smallest absolute Gasteiger partial charge is 0.325 e. The molecule has 1 aromatic heterocycles. The van der Waals surface area contributed by atoms with Crippen LogP contribution in [0.1, 0.15) is 50.3 Å². The SMILES string of the molecule is CCN(CC(=O)NCc1cccs1)C(=O)CN1C(=O)NC2(CCCCCC2)C1=O. The summed E-state index contributed by atoms with van der Waals surface area (Å²) in [6, 6.07) is 3.32. The number of rotatable bonds is 7. The molecule has 0 unspecified atom stereocenters. The molecule has 1 aliphatic heterocycles. The van der Waals surface area contributed by atoms with Crippen molar-refractivity contribution >= 4 is 35.1 Å². The molecule has 0 radical (unpaired) electrons. The predicted octanol–water partition coefficient (Wildman–Crippen LogP) is 1.86. The van der Waals surface area contributed by atoms with Crippen LogP contribution in [0.3, 0.4) is 0 Å². The van der Waals surface area contributed by atoms with Crippen molar-refractivity contribution in [3.8, 4) is 0 Å². The van der Waals surface area contributed by atoms with E-state index in [1.54, 1.807) is 18.3 Å². The third-order valence-corrected chi connectivity index (χ3v) is 6.48. The average Bonchev–Trinajstić information content (AvgIpc) is 3.21. The van der Waals surface area contributed by atoms with Crippen LogP contribution >= 0.6 is 11.3 Å². The van der Waals surface area contributed by atoms with E-state index in [0.717, 1.165) is 35.5 Å². The van der Waals surface area contributed by atoms with E-state index in [1.807, 2.05) is 17.5 Å². The minimum atomic E-state index is -0.858. The molecule has 2 N–H and O–H groups in total. The molecular formula is C20H28N4O4S. The van der Waals surface area contributed by atoms with E-state index in [1.165, 1.54) is 4.90 Å². The second kappa shape index (κ2) is 9.39. The van der Waals surface area contributed by atoms with Crippen molar-refractivity contribution in [3.63, 3.8) is 0 Å². The van der Waals surface area contributed by atoms with Gasteiger partial charge in [0.25, 0.3) is 5.91 Å². The van der Waals surface area contributed by atoms with Crippen LogP contribution < -0.4 is 10.6 Å². The largest absolute Gasteiger partial charge is 0.350 e. The Kier molecular flexibility index (Phi) is 6.89. The summed E-state index contributed by atoms with van der Waals surface area (Å²) in [5.41, 5.74) is -0.858. The normalized spacial score (nSPS) is 18.4. The standard InChI is InChI=1S/C20H28N4O4S/c1-2-23(13-16(25)21-12-15-8-7-11-29-15)17(26)14-24-18(27)20(22-19(24)28)9-5-3-4-6-10-20/h7-8,11H,2-6,9-10,12-14H2,1H3,(H,21,25)(H,22,28). The minimum Gasteiger partial charge on any atom is -0.350 e. The lowest BCUT2D eigenvalue weighted by atomic mass is 9.90. The quantitative estimate of drug-likeness (QED) is 0.658. The van der Waals surface area contributed by atoms with Gasteiger partial charge in [0.05, 0.1) is 13.1 Å². The Labute approximate surface area is 174 Å². The number of carbonyl (C=O) groups is 4. The molecule has 0 atom stereocenters. The van der Waals surface area contributed by atoms with Gasteiger partial charge >= 0.3 is 6.03 Å². The molecule has 3 rings (SSSR count). The van der Waals surface area contributed by atoms with Crippen LogP contribution in [-0.2, 0) is 20.9 Å². The van der Waals surface area contributed by atoms with E-state index in [4.69, 9.17) is 0 Å². The van der Waals surface area contributed by atoms with Crippen LogP contribution in [0.5, 0.6) is 0 Å². The number of amides is 5. The molecular weight excluding hydrogens is 392 g/mol. The number of imide groups is 1. The highest BCUT2D eigenvalue weighted by atomic mass is 32.1. The molecule has 1 aromatic rings. The van der Waals surface area contributed by atoms with Gasteiger partial charge in [0.2, 0.25) is 11.8 Å². The lowest BCUT2D eigenvalue weighted by molar-refractivity contribution is -0.140. The maximum Gasteiger partial charge on any atom is 0.325 e. The van der Waals surface area contributed by atoms with Gasteiger partial charge in [0.15, 0.2) is 0 Å². The van der Waals surface area contributed by atoms with Crippen LogP contribution in [0.4, 0.5) is 4.79 Å². The van der Waals surface area contributed by atoms with Crippen molar-refractivity contribution < 1.29 is 19.2 Å². The zero-order valence-corrected chi connectivity index (χ0v) is 17.6. The van der Waals surface area contributed by atoms with Crippen molar-refractivity contribution in [3.05, 3.63) is 22.4 Å². The third-order valence-electron chi connectivity index (χ3n) is 5.61. The number of thiophene rings is 1. The Morgan fingerprint density at radius 1 is 1.24 bits per heavy atom. The van der Waals surface area contributed by atoms with E-state index in [-0.39, 0.29) is 24.9 Å². The second-order valence-electron chi connectivity index (χ2n) is 7.58. The van der Waals surface area contributed by atoms with Crippen molar-refractivity contribution in [2.24, 2.45) is 0 Å². The fourth-order valence-corrected chi connectivity index (χ4v) is 4.58. The number of hydrogen-bond donors (Lipinski definition) is 2. The molecule has 2 aliphatic rings. The van der Waals surface area contributed by atoms with Crippen molar-refractivity contribution in [1.82, 2.24) is 20.4 Å². The van der Waals surface area contributed by atoms with Crippen LogP contribution in [0.2, 0.25) is 0 Å². The molecule has 8 nitrogen and oxygen atoms in total. The van der Waals surface area contributed by atoms with Crippen LogP contribution in [0.25, 0.3) is 0 Å². The summed E-state index contributed by atoms with van der Waals surface area (Å²) in [5, 5.41) is 7.56. The molecule has 5 amide bonds. The van der Waals surface area contributed by atoms with Gasteiger partial charge < -0.3 is 15.5 Å². The molecule has 2 heterocycles. The Balaban J connectivity index is 1.56. The fraction of sp³-hybridized carbons (Fsp3) is 0.600. The highest BCUT2D eigenvalue weighted by molar-refractivity contribution is 7.09. The van der Waals surface area contributed by atoms with Gasteiger partial charge in [0, 0.05) is 11.4 Å². The van der Waals surface area contributed by atoms with E-state index in [9.17, 15) is 19.2 Å². The molecule has 1 spiro atoms. The summed E-state index contributed by atoms with van der Waals surface area (Å²) in [5.74, 6) is -0.991. The Bertz CT molecular complexity index is 757. The molecule has 0 aromatic carbocycles. The average molecular weight is 421 g/mol. The zero-order valence-electron chi connectivity index (χ0n) is 16.7. The molecule has 0 bridgehead atoms. The van der Waals surface area contributed by atoms with Crippen LogP contribution in [0, 0.1) is 0 Å². The van der Waals surface area contributed by atoms with Gasteiger partial charge in [-0.2, -0.15) is 0 Å². The summed E-state index contributed by atoms with van der Waals surface area (Å²) in [6.07, 6.45) is 5.11. The maximum absolute atomic E-state index is 12.9. The number of nitrogens with zero attached hydrogens (tertiary/aromatic N) is 2. The van der Waals surface area contributed by atoms with Gasteiger partial charge in [0.1, 0.15) is 12.1 Å². The summed E-state index contributed by atoms with van der Waals surface area (Å²) < 4.78 is 0. The Morgan fingerprint density at radius 3 is 2.59 bits per heavy atom. The molecule has 9 heteroatoms. The van der Waals surface area contributed by atoms with Gasteiger partial charge in [-0.1, -0.05) is 31.7 Å². The number of likely N-dealkylation sites (N-methyl/N-ethyl adjacent to an activating group) is 1. The summed E-state index contributed by atoms with van der Waals surface area (Å²) in [6.45, 7) is 2.06. The summed E-state index contributed by atoms with van der Waals surface area (Å²) in [4.78, 5) is 53.7. The molecule has 1 saturated heterocycles. The zero-order chi connectivity index (χ0) is 20.9. The summed E-state index contributed by atoms with van der Waals surface area (Å²) >= 11 is 1.55. The topological polar surface area (TPSA) is 98.8 Å². The number of urea groups is 1. The number of nitrogens with one attached hydrogen (secondary N) is 2. The fourth-order valence-electron chi connectivity index (χ4n) is 3.93. The summed E-state index contributed by atoms with van der Waals surface area (Å²) in [7, 11) is 0. The first-order valence-electron chi connectivity index (χ1n) is 10.2. The molecule has 1 saturated carbocycles. The van der Waals surface area contributed by atoms with Crippen LogP contribution in [0.15, 0.2) is 17.5 Å². The van der Waals surface area contributed by atoms with Gasteiger partial charge in [-0.25, -0.2) is 4.79 Å². The lowest BCUT2D eigenvalue weighted by Crippen LogP contribution is -2.48. The van der Waals surface area contributed by atoms with Crippen molar-refractivity contribution in [1.29, 1.82) is 0 Å². The maximum atomic E-state index is 12.9. The van der Waals surface area contributed by atoms with Crippen molar-refractivity contribution in [2.75, 3.05) is 19.6 Å². The van der Waals surface area contributed by atoms with Gasteiger partial charge in [-0.3, -0.25) is 19.3 Å². The molecule has 158 valence electrons. The highest BCUT2D eigenvalue weighted by Gasteiger charge is 2.51. The van der Waals surface area contributed by atoms with Crippen LogP contribution in [-0.4, -0.2) is 58.7 Å². The Hall–Kier alpha value is -2.42. The first-order chi connectivity index (χ1) is 13.9. The van der Waals surface area contributed by atoms with Crippen molar-refractivity contribution in [2.45, 2.75) is 57.5 Å². The third kappa shape index (κ3) is 4.95. The van der Waals surface area contributed by atoms with Gasteiger partial charge in [-0.05, 0) is 31.2 Å². The van der Waals surface area contributed by atoms with E-state index in [0.29, 0.717) is 25.9 Å². The predicted molar refractivity (Wildman–Crippen MR) is 109 cm³/mol. The molecule has 29 heavy (non-hydrogen) atoms. The van der Waals surface area contributed by atoms with Gasteiger partial charge in [-0.15, -0.1) is 11.3 Å². The molecule has 1 aliphatic carbocycles. The van der Waals surface area contributed by atoms with E-state index in [2.05, 4.69) is 10.6 Å². The van der Waals surface area contributed by atoms with E-state index >= 15 is 0 Å².